The molecule has 5 heteroatoms. The van der Waals surface area contributed by atoms with Gasteiger partial charge in [-0.15, -0.1) is 0 Å². The number of hydrogen-bond acceptors (Lipinski definition) is 5. The van der Waals surface area contributed by atoms with Gasteiger partial charge in [-0.1, -0.05) is 38.2 Å². The van der Waals surface area contributed by atoms with Crippen LogP contribution < -0.4 is 4.90 Å². The van der Waals surface area contributed by atoms with Gasteiger partial charge in [0.05, 0.1) is 6.54 Å². The van der Waals surface area contributed by atoms with Crippen LogP contribution >= 0.6 is 0 Å². The maximum Gasteiger partial charge on any atom is 0.180 e. The van der Waals surface area contributed by atoms with Crippen molar-refractivity contribution in [3.05, 3.63) is 35.7 Å². The molecule has 0 radical (unpaired) electrons. The van der Waals surface area contributed by atoms with Gasteiger partial charge in [0, 0.05) is 30.9 Å². The standard InChI is InChI=1S/C22H28N4O/c1-26(15-17(27)14-16-8-3-2-4-9-16)22-18-10-7-12-19(18)24-21(25-22)20-11-5-6-13-23-20/h5-6,11,13,16H,2-4,7-10,12,14-15H2,1H3. The average molecular weight is 364 g/mol. The van der Waals surface area contributed by atoms with Crippen molar-refractivity contribution in [2.24, 2.45) is 5.92 Å². The van der Waals surface area contributed by atoms with Crippen LogP contribution in [0.25, 0.3) is 11.5 Å². The quantitative estimate of drug-likeness (QED) is 0.775. The Morgan fingerprint density at radius 3 is 2.74 bits per heavy atom. The summed E-state index contributed by atoms with van der Waals surface area (Å²) in [4.78, 5) is 28.7. The molecule has 2 aromatic heterocycles. The minimum absolute atomic E-state index is 0.328. The van der Waals surface area contributed by atoms with Gasteiger partial charge in [-0.05, 0) is 37.3 Å². The van der Waals surface area contributed by atoms with Crippen molar-refractivity contribution in [1.29, 1.82) is 0 Å². The highest BCUT2D eigenvalue weighted by molar-refractivity contribution is 5.83. The van der Waals surface area contributed by atoms with Gasteiger partial charge < -0.3 is 4.90 Å². The van der Waals surface area contributed by atoms with Crippen LogP contribution in [0.1, 0.15) is 56.2 Å². The van der Waals surface area contributed by atoms with Gasteiger partial charge in [-0.25, -0.2) is 9.97 Å². The molecule has 2 aliphatic rings. The average Bonchev–Trinajstić information content (AvgIpc) is 3.17. The summed E-state index contributed by atoms with van der Waals surface area (Å²) in [5, 5.41) is 0. The lowest BCUT2D eigenvalue weighted by Crippen LogP contribution is -2.29. The number of Topliss-reactive ketones (excluding diaryl/α,β-unsaturated/α-hetero) is 1. The van der Waals surface area contributed by atoms with Crippen molar-refractivity contribution < 1.29 is 4.79 Å². The second kappa shape index (κ2) is 8.15. The second-order valence-corrected chi connectivity index (χ2v) is 7.97. The van der Waals surface area contributed by atoms with Crippen LogP contribution in [0.15, 0.2) is 24.4 Å². The first-order chi connectivity index (χ1) is 13.2. The molecule has 4 rings (SSSR count). The molecule has 1 saturated carbocycles. The number of hydrogen-bond donors (Lipinski definition) is 0. The first kappa shape index (κ1) is 18.1. The number of aromatic nitrogens is 3. The summed E-state index contributed by atoms with van der Waals surface area (Å²) in [7, 11) is 1.99. The molecule has 2 aromatic rings. The van der Waals surface area contributed by atoms with Crippen molar-refractivity contribution in [3.63, 3.8) is 0 Å². The zero-order valence-electron chi connectivity index (χ0n) is 16.2. The highest BCUT2D eigenvalue weighted by Gasteiger charge is 2.24. The van der Waals surface area contributed by atoms with Crippen molar-refractivity contribution >= 4 is 11.6 Å². The van der Waals surface area contributed by atoms with Crippen LogP contribution in [0.4, 0.5) is 5.82 Å². The lowest BCUT2D eigenvalue weighted by Gasteiger charge is -2.24. The van der Waals surface area contributed by atoms with Gasteiger partial charge in [0.15, 0.2) is 11.6 Å². The minimum Gasteiger partial charge on any atom is -0.352 e. The number of likely N-dealkylation sites (N-methyl/N-ethyl adjacent to an activating group) is 1. The van der Waals surface area contributed by atoms with E-state index in [9.17, 15) is 4.79 Å². The molecule has 27 heavy (non-hydrogen) atoms. The number of anilines is 1. The van der Waals surface area contributed by atoms with E-state index in [1.165, 1.54) is 37.7 Å². The molecular formula is C22H28N4O. The van der Waals surface area contributed by atoms with E-state index in [0.29, 0.717) is 30.5 Å². The molecule has 0 aromatic carbocycles. The van der Waals surface area contributed by atoms with Crippen LogP contribution in [-0.4, -0.2) is 34.3 Å². The predicted molar refractivity (Wildman–Crippen MR) is 107 cm³/mol. The number of aryl methyl sites for hydroxylation is 1. The Bertz CT molecular complexity index is 799. The van der Waals surface area contributed by atoms with E-state index in [1.807, 2.05) is 30.1 Å². The zero-order chi connectivity index (χ0) is 18.6. The fourth-order valence-electron chi connectivity index (χ4n) is 4.46. The molecule has 0 bridgehead atoms. The Hall–Kier alpha value is -2.30. The second-order valence-electron chi connectivity index (χ2n) is 7.97. The summed E-state index contributed by atoms with van der Waals surface area (Å²) in [5.74, 6) is 2.49. The van der Waals surface area contributed by atoms with Gasteiger partial charge in [0.2, 0.25) is 0 Å². The van der Waals surface area contributed by atoms with Crippen molar-refractivity contribution in [2.75, 3.05) is 18.5 Å². The largest absolute Gasteiger partial charge is 0.352 e. The molecule has 0 unspecified atom stereocenters. The highest BCUT2D eigenvalue weighted by atomic mass is 16.1. The third-order valence-corrected chi connectivity index (χ3v) is 5.82. The number of rotatable bonds is 6. The van der Waals surface area contributed by atoms with Crippen molar-refractivity contribution in [3.8, 4) is 11.5 Å². The van der Waals surface area contributed by atoms with E-state index < -0.39 is 0 Å². The fourth-order valence-corrected chi connectivity index (χ4v) is 4.46. The zero-order valence-corrected chi connectivity index (χ0v) is 16.2. The molecule has 0 atom stereocenters. The van der Waals surface area contributed by atoms with Crippen molar-refractivity contribution in [1.82, 2.24) is 15.0 Å². The van der Waals surface area contributed by atoms with Crippen LogP contribution in [0, 0.1) is 5.92 Å². The molecule has 2 heterocycles. The van der Waals surface area contributed by atoms with Crippen LogP contribution in [0.2, 0.25) is 0 Å². The Balaban J connectivity index is 1.53. The van der Waals surface area contributed by atoms with Gasteiger partial charge in [-0.2, -0.15) is 0 Å². The summed E-state index contributed by atoms with van der Waals surface area (Å²) in [6.45, 7) is 0.432. The summed E-state index contributed by atoms with van der Waals surface area (Å²) < 4.78 is 0. The molecule has 0 saturated heterocycles. The van der Waals surface area contributed by atoms with Crippen LogP contribution in [0.3, 0.4) is 0 Å². The molecular weight excluding hydrogens is 336 g/mol. The van der Waals surface area contributed by atoms with E-state index in [4.69, 9.17) is 9.97 Å². The number of carbonyl (C=O) groups excluding carboxylic acids is 1. The van der Waals surface area contributed by atoms with Gasteiger partial charge in [-0.3, -0.25) is 9.78 Å². The van der Waals surface area contributed by atoms with Gasteiger partial charge >= 0.3 is 0 Å². The molecule has 1 fully saturated rings. The van der Waals surface area contributed by atoms with Crippen molar-refractivity contribution in [2.45, 2.75) is 57.8 Å². The maximum atomic E-state index is 12.7. The molecule has 0 amide bonds. The predicted octanol–water partition coefficient (Wildman–Crippen LogP) is 4.00. The number of carbonyl (C=O) groups is 1. The first-order valence-electron chi connectivity index (χ1n) is 10.2. The first-order valence-corrected chi connectivity index (χ1v) is 10.2. The number of pyridine rings is 1. The Labute approximate surface area is 161 Å². The van der Waals surface area contributed by atoms with Crippen LogP contribution in [-0.2, 0) is 17.6 Å². The highest BCUT2D eigenvalue weighted by Crippen LogP contribution is 2.31. The molecule has 0 aliphatic heterocycles. The third-order valence-electron chi connectivity index (χ3n) is 5.82. The summed E-state index contributed by atoms with van der Waals surface area (Å²) >= 11 is 0. The molecule has 0 spiro atoms. The van der Waals surface area contributed by atoms with E-state index in [1.54, 1.807) is 6.20 Å². The summed E-state index contributed by atoms with van der Waals surface area (Å²) in [6.07, 6.45) is 11.9. The van der Waals surface area contributed by atoms with Crippen LogP contribution in [0.5, 0.6) is 0 Å². The number of nitrogens with zero attached hydrogens (tertiary/aromatic N) is 4. The van der Waals surface area contributed by atoms with Gasteiger partial charge in [0.25, 0.3) is 0 Å². The Morgan fingerprint density at radius 2 is 1.96 bits per heavy atom. The molecule has 5 nitrogen and oxygen atoms in total. The number of ketones is 1. The SMILES string of the molecule is CN(CC(=O)CC1CCCCC1)c1nc(-c2ccccn2)nc2c1CCC2. The molecule has 142 valence electrons. The van der Waals surface area contributed by atoms with Gasteiger partial charge in [0.1, 0.15) is 11.5 Å². The summed E-state index contributed by atoms with van der Waals surface area (Å²) in [5.41, 5.74) is 3.12. The van der Waals surface area contributed by atoms with E-state index >= 15 is 0 Å². The Morgan fingerprint density at radius 1 is 1.11 bits per heavy atom. The minimum atomic E-state index is 0.328. The van der Waals surface area contributed by atoms with E-state index in [-0.39, 0.29) is 0 Å². The lowest BCUT2D eigenvalue weighted by molar-refractivity contribution is -0.118. The number of fused-ring (bicyclic) bond motifs is 1. The fraction of sp³-hybridized carbons (Fsp3) is 0.545. The Kier molecular flexibility index (Phi) is 5.46. The maximum absolute atomic E-state index is 12.7. The normalized spacial score (nSPS) is 16.9. The molecule has 0 N–H and O–H groups in total. The lowest BCUT2D eigenvalue weighted by atomic mass is 9.86. The smallest absolute Gasteiger partial charge is 0.180 e. The topological polar surface area (TPSA) is 59.0 Å². The molecule has 2 aliphatic carbocycles. The monoisotopic (exact) mass is 364 g/mol. The van der Waals surface area contributed by atoms with E-state index in [2.05, 4.69) is 4.98 Å². The third kappa shape index (κ3) is 4.18. The van der Waals surface area contributed by atoms with E-state index in [0.717, 1.165) is 36.5 Å². The summed E-state index contributed by atoms with van der Waals surface area (Å²) in [6, 6.07) is 5.79.